The third kappa shape index (κ3) is 4.13. The number of benzene rings is 2. The fourth-order valence-electron chi connectivity index (χ4n) is 4.36. The molecule has 7 nitrogen and oxygen atoms in total. The molecule has 4 rings (SSSR count). The van der Waals surface area contributed by atoms with Crippen LogP contribution in [0.4, 0.5) is 10.5 Å². The van der Waals surface area contributed by atoms with E-state index in [0.29, 0.717) is 43.7 Å². The monoisotopic (exact) mass is 421 g/mol. The van der Waals surface area contributed by atoms with Gasteiger partial charge in [0, 0.05) is 41.5 Å². The van der Waals surface area contributed by atoms with Gasteiger partial charge in [0.2, 0.25) is 0 Å². The fourth-order valence-corrected chi connectivity index (χ4v) is 4.36. The molecular formula is C24H27N3O4. The Morgan fingerprint density at radius 1 is 1.06 bits per heavy atom. The first-order valence-corrected chi connectivity index (χ1v) is 10.7. The van der Waals surface area contributed by atoms with E-state index in [1.807, 2.05) is 41.3 Å². The van der Waals surface area contributed by atoms with Crippen molar-refractivity contribution in [3.63, 3.8) is 0 Å². The van der Waals surface area contributed by atoms with Crippen LogP contribution in [0.25, 0.3) is 0 Å². The fraction of sp³-hybridized carbons (Fsp3) is 0.375. The van der Waals surface area contributed by atoms with Crippen molar-refractivity contribution in [1.82, 2.24) is 9.80 Å². The smallest absolute Gasteiger partial charge is 0.409 e. The largest absolute Gasteiger partial charge is 0.450 e. The maximum absolute atomic E-state index is 13.3. The number of fused-ring (bicyclic) bond motifs is 1. The number of carbonyl (C=O) groups is 3. The number of amides is 2. The van der Waals surface area contributed by atoms with E-state index >= 15 is 0 Å². The topological polar surface area (TPSA) is 79.0 Å². The number of likely N-dealkylation sites (tertiary alicyclic amines) is 1. The van der Waals surface area contributed by atoms with Crippen molar-refractivity contribution in [1.29, 1.82) is 0 Å². The van der Waals surface area contributed by atoms with Crippen LogP contribution in [-0.4, -0.2) is 53.3 Å². The lowest BCUT2D eigenvalue weighted by atomic mass is 10.0. The molecule has 0 aliphatic carbocycles. The van der Waals surface area contributed by atoms with E-state index in [9.17, 15) is 14.4 Å². The molecule has 1 atom stereocenters. The lowest BCUT2D eigenvalue weighted by Gasteiger charge is -2.39. The molecule has 0 aromatic heterocycles. The Bertz CT molecular complexity index is 981. The Morgan fingerprint density at radius 3 is 2.39 bits per heavy atom. The Morgan fingerprint density at radius 2 is 1.74 bits per heavy atom. The van der Waals surface area contributed by atoms with E-state index in [1.165, 1.54) is 0 Å². The quantitative estimate of drug-likeness (QED) is 0.736. The molecule has 0 saturated carbocycles. The van der Waals surface area contributed by atoms with Gasteiger partial charge in [-0.25, -0.2) is 4.79 Å². The zero-order valence-electron chi connectivity index (χ0n) is 17.8. The molecule has 7 heteroatoms. The number of Topliss-reactive ketones (excluding diaryl/α,β-unsaturated/α-hetero) is 1. The van der Waals surface area contributed by atoms with Gasteiger partial charge in [0.15, 0.2) is 5.78 Å². The van der Waals surface area contributed by atoms with E-state index in [-0.39, 0.29) is 30.0 Å². The summed E-state index contributed by atoms with van der Waals surface area (Å²) < 4.78 is 5.11. The number of carbonyl (C=O) groups excluding carboxylic acids is 3. The van der Waals surface area contributed by atoms with Crippen molar-refractivity contribution in [3.05, 3.63) is 65.2 Å². The van der Waals surface area contributed by atoms with Crippen molar-refractivity contribution in [2.75, 3.05) is 25.0 Å². The summed E-state index contributed by atoms with van der Waals surface area (Å²) in [5, 5.41) is 3.48. The molecule has 0 radical (unpaired) electrons. The maximum Gasteiger partial charge on any atom is 0.409 e. The summed E-state index contributed by atoms with van der Waals surface area (Å²) in [5.41, 5.74) is 3.13. The summed E-state index contributed by atoms with van der Waals surface area (Å²) in [5.74, 6) is 0.0194. The second-order valence-corrected chi connectivity index (χ2v) is 7.90. The minimum absolute atomic E-state index is 0.00282. The number of hydrogen-bond donors (Lipinski definition) is 1. The predicted octanol–water partition coefficient (Wildman–Crippen LogP) is 4.08. The maximum atomic E-state index is 13.3. The molecule has 1 saturated heterocycles. The summed E-state index contributed by atoms with van der Waals surface area (Å²) in [6.07, 6.45) is 0.795. The van der Waals surface area contributed by atoms with Crippen LogP contribution in [0.1, 0.15) is 59.1 Å². The molecule has 2 amide bonds. The van der Waals surface area contributed by atoms with Crippen molar-refractivity contribution < 1.29 is 19.1 Å². The molecule has 1 fully saturated rings. The highest BCUT2D eigenvalue weighted by Crippen LogP contribution is 2.38. The second-order valence-electron chi connectivity index (χ2n) is 7.90. The highest BCUT2D eigenvalue weighted by atomic mass is 16.6. The molecule has 2 aromatic carbocycles. The van der Waals surface area contributed by atoms with Gasteiger partial charge in [0.1, 0.15) is 6.17 Å². The normalized spacial score (nSPS) is 18.6. The van der Waals surface area contributed by atoms with E-state index < -0.39 is 0 Å². The lowest BCUT2D eigenvalue weighted by molar-refractivity contribution is 0.0496. The van der Waals surface area contributed by atoms with Crippen molar-refractivity contribution >= 4 is 23.5 Å². The zero-order valence-corrected chi connectivity index (χ0v) is 17.8. The molecule has 0 bridgehead atoms. The molecular weight excluding hydrogens is 394 g/mol. The van der Waals surface area contributed by atoms with Crippen molar-refractivity contribution in [3.8, 4) is 0 Å². The highest BCUT2D eigenvalue weighted by Gasteiger charge is 2.42. The van der Waals surface area contributed by atoms with Crippen molar-refractivity contribution in [2.24, 2.45) is 0 Å². The minimum Gasteiger partial charge on any atom is -0.450 e. The summed E-state index contributed by atoms with van der Waals surface area (Å²) in [7, 11) is 0. The molecule has 2 aliphatic rings. The van der Waals surface area contributed by atoms with E-state index in [1.54, 1.807) is 30.9 Å². The van der Waals surface area contributed by atoms with Gasteiger partial charge in [-0.3, -0.25) is 9.59 Å². The van der Waals surface area contributed by atoms with Gasteiger partial charge in [-0.1, -0.05) is 18.2 Å². The number of nitrogens with zero attached hydrogens (tertiary/aromatic N) is 2. The van der Waals surface area contributed by atoms with Crippen LogP contribution in [0, 0.1) is 0 Å². The van der Waals surface area contributed by atoms with Gasteiger partial charge in [0.05, 0.1) is 6.61 Å². The number of hydrogen-bond acceptors (Lipinski definition) is 5. The number of ketones is 1. The van der Waals surface area contributed by atoms with E-state index in [0.717, 1.165) is 11.3 Å². The second kappa shape index (κ2) is 8.79. The van der Waals surface area contributed by atoms with E-state index in [4.69, 9.17) is 4.74 Å². The Hall–Kier alpha value is -3.35. The van der Waals surface area contributed by atoms with Gasteiger partial charge in [-0.2, -0.15) is 0 Å². The number of ether oxygens (including phenoxy) is 1. The number of piperidine rings is 1. The molecule has 162 valence electrons. The average molecular weight is 421 g/mol. The standard InChI is InChI=1S/C24H27N3O4/c1-3-31-24(30)26-14-12-19(13-15-26)27-22(20-6-4-5-7-21(20)23(27)29)25-18-10-8-17(9-11-18)16(2)28/h4-11,19,22,25H,3,12-15H2,1-2H3/t22-/m0/s1. The zero-order chi connectivity index (χ0) is 22.0. The van der Waals surface area contributed by atoms with E-state index in [2.05, 4.69) is 5.32 Å². The highest BCUT2D eigenvalue weighted by molar-refractivity contribution is 6.00. The van der Waals surface area contributed by atoms with Crippen LogP contribution in [-0.2, 0) is 4.74 Å². The summed E-state index contributed by atoms with van der Waals surface area (Å²) in [6, 6.07) is 15.0. The lowest BCUT2D eigenvalue weighted by Crippen LogP contribution is -2.49. The van der Waals surface area contributed by atoms with Crippen LogP contribution < -0.4 is 5.32 Å². The van der Waals surface area contributed by atoms with Gasteiger partial charge >= 0.3 is 6.09 Å². The SMILES string of the molecule is CCOC(=O)N1CCC(N2C(=O)c3ccccc3[C@H]2Nc2ccc(C(C)=O)cc2)CC1. The van der Waals surface area contributed by atoms with Crippen LogP contribution in [0.5, 0.6) is 0 Å². The van der Waals surface area contributed by atoms with Crippen LogP contribution in [0.15, 0.2) is 48.5 Å². The molecule has 0 unspecified atom stereocenters. The van der Waals surface area contributed by atoms with Crippen LogP contribution >= 0.6 is 0 Å². The number of nitrogens with one attached hydrogen (secondary N) is 1. The summed E-state index contributed by atoms with van der Waals surface area (Å²) >= 11 is 0. The summed E-state index contributed by atoms with van der Waals surface area (Å²) in [6.45, 7) is 4.81. The average Bonchev–Trinajstić information content (AvgIpc) is 3.06. The Balaban J connectivity index is 1.55. The van der Waals surface area contributed by atoms with Gasteiger partial charge in [-0.05, 0) is 57.0 Å². The molecule has 0 spiro atoms. The molecule has 31 heavy (non-hydrogen) atoms. The minimum atomic E-state index is -0.300. The first kappa shape index (κ1) is 20.9. The van der Waals surface area contributed by atoms with Crippen molar-refractivity contribution in [2.45, 2.75) is 38.9 Å². The molecule has 2 aromatic rings. The molecule has 1 N–H and O–H groups in total. The predicted molar refractivity (Wildman–Crippen MR) is 117 cm³/mol. The van der Waals surface area contributed by atoms with Gasteiger partial charge in [-0.15, -0.1) is 0 Å². The third-order valence-corrected chi connectivity index (χ3v) is 5.98. The number of anilines is 1. The van der Waals surface area contributed by atoms with Crippen LogP contribution in [0.3, 0.4) is 0 Å². The number of rotatable bonds is 5. The summed E-state index contributed by atoms with van der Waals surface area (Å²) in [4.78, 5) is 40.5. The Kier molecular flexibility index (Phi) is 5.93. The third-order valence-electron chi connectivity index (χ3n) is 5.98. The van der Waals surface area contributed by atoms with Gasteiger partial charge in [0.25, 0.3) is 5.91 Å². The first-order valence-electron chi connectivity index (χ1n) is 10.7. The van der Waals surface area contributed by atoms with Gasteiger partial charge < -0.3 is 19.9 Å². The van der Waals surface area contributed by atoms with Crippen LogP contribution in [0.2, 0.25) is 0 Å². The Labute approximate surface area is 182 Å². The molecule has 2 aliphatic heterocycles. The molecule has 2 heterocycles. The first-order chi connectivity index (χ1) is 15.0.